The summed E-state index contributed by atoms with van der Waals surface area (Å²) in [7, 11) is 0. The van der Waals surface area contributed by atoms with Gasteiger partial charge in [0, 0.05) is 11.8 Å². The summed E-state index contributed by atoms with van der Waals surface area (Å²) in [6.45, 7) is 5.48. The molecule has 0 saturated heterocycles. The topological polar surface area (TPSA) is 98.1 Å². The Hall–Kier alpha value is -1.69. The zero-order valence-electron chi connectivity index (χ0n) is 11.0. The van der Waals surface area contributed by atoms with Gasteiger partial charge in [-0.3, -0.25) is 9.69 Å². The van der Waals surface area contributed by atoms with Gasteiger partial charge in [0.05, 0.1) is 13.1 Å². The minimum atomic E-state index is -0.341. The summed E-state index contributed by atoms with van der Waals surface area (Å²) < 4.78 is 0. The number of carbonyl (C=O) groups excluding carboxylic acids is 1. The number of amides is 1. The lowest BCUT2D eigenvalue weighted by atomic mass is 10.3. The molecule has 6 heteroatoms. The van der Waals surface area contributed by atoms with Crippen molar-refractivity contribution in [2.75, 3.05) is 18.8 Å². The third-order valence-corrected chi connectivity index (χ3v) is 2.49. The van der Waals surface area contributed by atoms with E-state index in [1.54, 1.807) is 6.07 Å². The lowest BCUT2D eigenvalue weighted by Crippen LogP contribution is -2.34. The Morgan fingerprint density at radius 2 is 2.17 bits per heavy atom. The van der Waals surface area contributed by atoms with Crippen LogP contribution in [0, 0.1) is 6.92 Å². The zero-order valence-corrected chi connectivity index (χ0v) is 11.0. The Bertz CT molecular complexity index is 387. The van der Waals surface area contributed by atoms with Crippen molar-refractivity contribution in [2.45, 2.75) is 33.2 Å². The van der Waals surface area contributed by atoms with E-state index >= 15 is 0 Å². The minimum absolute atomic E-state index is 0.219. The Balaban J connectivity index is 2.71. The number of anilines is 1. The van der Waals surface area contributed by atoms with E-state index in [0.717, 1.165) is 25.1 Å². The molecule has 0 saturated carbocycles. The number of nitrogen functional groups attached to an aromatic ring is 1. The fourth-order valence-corrected chi connectivity index (χ4v) is 1.74. The van der Waals surface area contributed by atoms with Gasteiger partial charge in [0.1, 0.15) is 11.6 Å². The maximum Gasteiger partial charge on any atom is 0.231 e. The van der Waals surface area contributed by atoms with Gasteiger partial charge >= 0.3 is 0 Å². The number of nitrogens with zero attached hydrogens (tertiary/aromatic N) is 3. The molecule has 1 rings (SSSR count). The van der Waals surface area contributed by atoms with E-state index in [2.05, 4.69) is 16.9 Å². The van der Waals surface area contributed by atoms with Crippen LogP contribution < -0.4 is 11.5 Å². The lowest BCUT2D eigenvalue weighted by Gasteiger charge is -2.19. The lowest BCUT2D eigenvalue weighted by molar-refractivity contribution is -0.119. The molecule has 0 radical (unpaired) electrons. The maximum atomic E-state index is 11.0. The number of carbonyl (C=O) groups is 1. The van der Waals surface area contributed by atoms with Crippen molar-refractivity contribution < 1.29 is 4.79 Å². The molecule has 0 aromatic carbocycles. The molecule has 0 aliphatic rings. The molecular weight excluding hydrogens is 230 g/mol. The van der Waals surface area contributed by atoms with Crippen LogP contribution in [0.2, 0.25) is 0 Å². The molecule has 0 aliphatic carbocycles. The van der Waals surface area contributed by atoms with Crippen molar-refractivity contribution >= 4 is 11.7 Å². The largest absolute Gasteiger partial charge is 0.384 e. The summed E-state index contributed by atoms with van der Waals surface area (Å²) in [5, 5.41) is 0. The van der Waals surface area contributed by atoms with E-state index < -0.39 is 0 Å². The Kier molecular flexibility index (Phi) is 5.51. The molecule has 1 amide bonds. The van der Waals surface area contributed by atoms with Gasteiger partial charge in [-0.1, -0.05) is 13.3 Å². The van der Waals surface area contributed by atoms with Crippen LogP contribution in [0.5, 0.6) is 0 Å². The third kappa shape index (κ3) is 5.09. The number of rotatable bonds is 7. The number of nitrogens with two attached hydrogens (primary N) is 2. The summed E-state index contributed by atoms with van der Waals surface area (Å²) in [5.74, 6) is 0.739. The summed E-state index contributed by atoms with van der Waals surface area (Å²) >= 11 is 0. The predicted molar refractivity (Wildman–Crippen MR) is 70.6 cm³/mol. The van der Waals surface area contributed by atoms with Crippen LogP contribution >= 0.6 is 0 Å². The van der Waals surface area contributed by atoms with Gasteiger partial charge in [-0.2, -0.15) is 0 Å². The average molecular weight is 251 g/mol. The molecule has 0 atom stereocenters. The Morgan fingerprint density at radius 3 is 2.72 bits per heavy atom. The first-order chi connectivity index (χ1) is 8.51. The van der Waals surface area contributed by atoms with Crippen LogP contribution in [0.1, 0.15) is 31.3 Å². The van der Waals surface area contributed by atoms with Crippen molar-refractivity contribution in [3.8, 4) is 0 Å². The molecule has 6 nitrogen and oxygen atoms in total. The van der Waals surface area contributed by atoms with Gasteiger partial charge in [0.2, 0.25) is 5.91 Å². The average Bonchev–Trinajstić information content (AvgIpc) is 2.23. The van der Waals surface area contributed by atoms with E-state index in [9.17, 15) is 4.79 Å². The van der Waals surface area contributed by atoms with E-state index in [1.807, 2.05) is 11.8 Å². The third-order valence-electron chi connectivity index (χ3n) is 2.49. The van der Waals surface area contributed by atoms with Crippen molar-refractivity contribution in [3.63, 3.8) is 0 Å². The van der Waals surface area contributed by atoms with Gasteiger partial charge in [-0.15, -0.1) is 0 Å². The highest BCUT2D eigenvalue weighted by molar-refractivity contribution is 5.75. The molecule has 1 aromatic rings. The monoisotopic (exact) mass is 251 g/mol. The second kappa shape index (κ2) is 6.90. The Morgan fingerprint density at radius 1 is 1.44 bits per heavy atom. The normalized spacial score (nSPS) is 10.8. The first-order valence-corrected chi connectivity index (χ1v) is 6.12. The van der Waals surface area contributed by atoms with Crippen LogP contribution in [0.4, 0.5) is 5.82 Å². The van der Waals surface area contributed by atoms with E-state index in [0.29, 0.717) is 18.2 Å². The van der Waals surface area contributed by atoms with Gasteiger partial charge in [-0.05, 0) is 19.9 Å². The van der Waals surface area contributed by atoms with Gasteiger partial charge in [-0.25, -0.2) is 9.97 Å². The molecule has 0 fully saturated rings. The molecule has 1 heterocycles. The first kappa shape index (κ1) is 14.4. The number of primary amides is 1. The number of hydrogen-bond donors (Lipinski definition) is 2. The summed E-state index contributed by atoms with van der Waals surface area (Å²) in [6, 6.07) is 1.72. The standard InChI is InChI=1S/C12H21N5O/c1-3-4-5-17(7-11(14)18)8-12-15-9(2)6-10(13)16-12/h6H,3-5,7-8H2,1-2H3,(H2,14,18)(H2,13,15,16). The fourth-order valence-electron chi connectivity index (χ4n) is 1.74. The van der Waals surface area contributed by atoms with Crippen LogP contribution in [0.15, 0.2) is 6.07 Å². The molecule has 1 aromatic heterocycles. The number of aromatic nitrogens is 2. The van der Waals surface area contributed by atoms with E-state index in [-0.39, 0.29) is 12.5 Å². The maximum absolute atomic E-state index is 11.0. The zero-order chi connectivity index (χ0) is 13.5. The van der Waals surface area contributed by atoms with Crippen molar-refractivity contribution in [2.24, 2.45) is 5.73 Å². The van der Waals surface area contributed by atoms with E-state index in [1.165, 1.54) is 0 Å². The summed E-state index contributed by atoms with van der Waals surface area (Å²) in [4.78, 5) is 21.4. The van der Waals surface area contributed by atoms with Gasteiger partial charge in [0.15, 0.2) is 0 Å². The number of unbranched alkanes of at least 4 members (excludes halogenated alkanes) is 1. The highest BCUT2D eigenvalue weighted by atomic mass is 16.1. The number of hydrogen-bond acceptors (Lipinski definition) is 5. The first-order valence-electron chi connectivity index (χ1n) is 6.12. The van der Waals surface area contributed by atoms with Crippen molar-refractivity contribution in [1.82, 2.24) is 14.9 Å². The highest BCUT2D eigenvalue weighted by Crippen LogP contribution is 2.06. The highest BCUT2D eigenvalue weighted by Gasteiger charge is 2.11. The Labute approximate surface area is 107 Å². The molecule has 0 spiro atoms. The SMILES string of the molecule is CCCCN(CC(N)=O)Cc1nc(C)cc(N)n1. The molecular formula is C12H21N5O. The minimum Gasteiger partial charge on any atom is -0.384 e. The van der Waals surface area contributed by atoms with Gasteiger partial charge in [0.25, 0.3) is 0 Å². The van der Waals surface area contributed by atoms with Crippen LogP contribution in [0.25, 0.3) is 0 Å². The van der Waals surface area contributed by atoms with Crippen molar-refractivity contribution in [3.05, 3.63) is 17.6 Å². The number of aryl methyl sites for hydroxylation is 1. The van der Waals surface area contributed by atoms with Gasteiger partial charge < -0.3 is 11.5 Å². The van der Waals surface area contributed by atoms with Crippen LogP contribution in [0.3, 0.4) is 0 Å². The molecule has 4 N–H and O–H groups in total. The fraction of sp³-hybridized carbons (Fsp3) is 0.583. The molecule has 0 bridgehead atoms. The second-order valence-electron chi connectivity index (χ2n) is 4.38. The molecule has 0 aliphatic heterocycles. The van der Waals surface area contributed by atoms with Crippen LogP contribution in [-0.2, 0) is 11.3 Å². The second-order valence-corrected chi connectivity index (χ2v) is 4.38. The molecule has 18 heavy (non-hydrogen) atoms. The molecule has 100 valence electrons. The van der Waals surface area contributed by atoms with E-state index in [4.69, 9.17) is 11.5 Å². The molecule has 0 unspecified atom stereocenters. The quantitative estimate of drug-likeness (QED) is 0.733. The summed E-state index contributed by atoms with van der Waals surface area (Å²) in [5.41, 5.74) is 11.7. The summed E-state index contributed by atoms with van der Waals surface area (Å²) in [6.07, 6.45) is 2.07. The van der Waals surface area contributed by atoms with Crippen LogP contribution in [-0.4, -0.2) is 33.9 Å². The predicted octanol–water partition coefficient (Wildman–Crippen LogP) is 0.455. The van der Waals surface area contributed by atoms with Crippen molar-refractivity contribution in [1.29, 1.82) is 0 Å². The smallest absolute Gasteiger partial charge is 0.231 e.